The maximum Gasteiger partial charge on any atom is 3.00 e. The number of fused-ring (bicyclic) bond motifs is 8. The van der Waals surface area contributed by atoms with Gasteiger partial charge in [-0.25, -0.2) is 24.0 Å². The van der Waals surface area contributed by atoms with Gasteiger partial charge in [0.1, 0.15) is 30.3 Å². The van der Waals surface area contributed by atoms with Gasteiger partial charge in [-0.15, -0.1) is 26.6 Å². The van der Waals surface area contributed by atoms with Crippen LogP contribution >= 0.6 is 0 Å². The fourth-order valence-electron chi connectivity index (χ4n) is 9.59. The molecule has 0 spiro atoms. The Morgan fingerprint density at radius 3 is 1.42 bits per heavy atom. The van der Waals surface area contributed by atoms with E-state index in [0.717, 1.165) is 125 Å². The second kappa shape index (κ2) is 23.7. The maximum absolute atomic E-state index is 5.63. The average Bonchev–Trinajstić information content (AvgIpc) is 4.13. The zero-order chi connectivity index (χ0) is 41.7. The third-order valence-electron chi connectivity index (χ3n) is 12.7. The van der Waals surface area contributed by atoms with Gasteiger partial charge in [0.2, 0.25) is 6.20 Å². The van der Waals surface area contributed by atoms with E-state index in [4.69, 9.17) is 19.9 Å². The molecule has 12 nitrogen and oxygen atoms in total. The largest absolute Gasteiger partial charge is 3.00 e. The summed E-state index contributed by atoms with van der Waals surface area (Å²) < 4.78 is 6.98. The number of nitrogens with zero attached hydrogens (tertiary/aromatic N) is 11. The molecule has 5 aliphatic rings. The van der Waals surface area contributed by atoms with Gasteiger partial charge in [0.05, 0.1) is 48.0 Å². The van der Waals surface area contributed by atoms with Gasteiger partial charge < -0.3 is 91.6 Å². The molecule has 1 N–H and O–H groups in total. The first-order chi connectivity index (χ1) is 29.4. The van der Waals surface area contributed by atoms with Crippen LogP contribution in [-0.2, 0) is 30.2 Å². The molecule has 1 atom stereocenters. The van der Waals surface area contributed by atoms with Gasteiger partial charge in [0.15, 0.2) is 12.7 Å². The van der Waals surface area contributed by atoms with Crippen LogP contribution in [0.15, 0.2) is 73.9 Å². The number of amidine groups is 1. The van der Waals surface area contributed by atoms with Crippen molar-refractivity contribution in [2.75, 3.05) is 39.3 Å². The van der Waals surface area contributed by atoms with E-state index in [1.54, 1.807) is 0 Å². The van der Waals surface area contributed by atoms with Gasteiger partial charge >= 0.3 is 22.9 Å². The first kappa shape index (κ1) is 56.2. The molecule has 9 rings (SSSR count). The molecule has 0 radical (unpaired) electrons. The standard InChI is InChI=1S/C48H58N12.5ClH.Mn/c1-9-53-25-26-54(10-2)45(53)41-33-17-19-35(49-33)42(46-55(11-3)27-28-56(46)12-4)37-21-23-39(51-37)44(48-59(15-7)31-32-60(48)16-8)40-24-22-38(52-40)43(36-20-18-34(41)50-36)47-57(13-5)29-30-58(47)14-6;;;;;;/h17-32,45,48H,9-16H2,1-8H3;5*1H;/q;;;;;;+3/p-4. The molecular weight excluding hydrogens is 977 g/mol. The molecule has 0 aliphatic carbocycles. The predicted molar refractivity (Wildman–Crippen MR) is 241 cm³/mol. The monoisotopic (exact) mass is 1030 g/mol. The van der Waals surface area contributed by atoms with Crippen LogP contribution in [0.4, 0.5) is 0 Å². The van der Waals surface area contributed by atoms with Crippen molar-refractivity contribution < 1.29 is 93.1 Å². The van der Waals surface area contributed by atoms with Crippen molar-refractivity contribution in [2.45, 2.75) is 80.8 Å². The Bertz CT molecular complexity index is 2610. The smallest absolute Gasteiger partial charge is 1.00 e. The third-order valence-corrected chi connectivity index (χ3v) is 12.7. The van der Waals surface area contributed by atoms with Gasteiger partial charge in [0.25, 0.3) is 5.82 Å². The van der Waals surface area contributed by atoms with Crippen LogP contribution in [0.5, 0.6) is 0 Å². The van der Waals surface area contributed by atoms with Crippen LogP contribution in [-0.4, -0.2) is 83.8 Å². The molecule has 66 heavy (non-hydrogen) atoms. The van der Waals surface area contributed by atoms with Crippen molar-refractivity contribution in [1.82, 2.24) is 44.1 Å². The van der Waals surface area contributed by atoms with Crippen LogP contribution in [0.2, 0.25) is 0 Å². The number of aromatic nitrogens is 6. The topological polar surface area (TPSA) is 83.2 Å². The van der Waals surface area contributed by atoms with E-state index >= 15 is 0 Å². The molecule has 9 heterocycles. The summed E-state index contributed by atoms with van der Waals surface area (Å²) in [5, 5.41) is 0. The van der Waals surface area contributed by atoms with Crippen molar-refractivity contribution in [3.8, 4) is 11.4 Å². The van der Waals surface area contributed by atoms with E-state index in [2.05, 4.69) is 187 Å². The third kappa shape index (κ3) is 9.48. The van der Waals surface area contributed by atoms with Crippen LogP contribution in [0.25, 0.3) is 57.8 Å². The Hall–Kier alpha value is -4.17. The molecule has 0 saturated heterocycles. The van der Waals surface area contributed by atoms with Gasteiger partial charge in [-0.3, -0.25) is 0 Å². The van der Waals surface area contributed by atoms with E-state index in [-0.39, 0.29) is 91.4 Å². The Kier molecular flexibility index (Phi) is 20.2. The fraction of sp³-hybridized carbons (Fsp3) is 0.375. The van der Waals surface area contributed by atoms with Crippen LogP contribution in [0.3, 0.4) is 0 Å². The second-order valence-corrected chi connectivity index (χ2v) is 15.6. The van der Waals surface area contributed by atoms with Gasteiger partial charge in [-0.1, -0.05) is 24.3 Å². The molecule has 18 heteroatoms. The van der Waals surface area contributed by atoms with E-state index in [9.17, 15) is 0 Å². The number of hydrogen-bond donors (Lipinski definition) is 1. The summed E-state index contributed by atoms with van der Waals surface area (Å²) in [6.07, 6.45) is 26.3. The van der Waals surface area contributed by atoms with Crippen molar-refractivity contribution >= 4 is 52.2 Å². The van der Waals surface area contributed by atoms with E-state index < -0.39 is 0 Å². The summed E-state index contributed by atoms with van der Waals surface area (Å²) in [5.41, 5.74) is 11.5. The molecule has 5 aliphatic heterocycles. The second-order valence-electron chi connectivity index (χ2n) is 15.6. The minimum absolute atomic E-state index is 0. The van der Waals surface area contributed by atoms with E-state index in [1.807, 2.05) is 0 Å². The van der Waals surface area contributed by atoms with E-state index in [0.29, 0.717) is 0 Å². The molecular formula is C48H59Cl5MnN12-. The molecule has 0 fully saturated rings. The molecule has 4 aromatic heterocycles. The zero-order valence-electron chi connectivity index (χ0n) is 38.7. The average molecular weight is 1040 g/mol. The quantitative estimate of drug-likeness (QED) is 0.0959. The van der Waals surface area contributed by atoms with Crippen LogP contribution in [0, 0.1) is 0 Å². The number of halogens is 5. The molecule has 4 aromatic rings. The normalized spacial score (nSPS) is 16.1. The number of hydrogen-bond acceptors (Lipinski definition) is 6. The Labute approximate surface area is 431 Å². The molecule has 1 unspecified atom stereocenters. The minimum Gasteiger partial charge on any atom is -1.00 e. The summed E-state index contributed by atoms with van der Waals surface area (Å²) in [6, 6.07) is 8.79. The van der Waals surface area contributed by atoms with E-state index in [1.165, 1.54) is 10.7 Å². The zero-order valence-corrected chi connectivity index (χ0v) is 43.7. The Morgan fingerprint density at radius 2 is 1.00 bits per heavy atom. The fourth-order valence-corrected chi connectivity index (χ4v) is 9.59. The van der Waals surface area contributed by atoms with Crippen molar-refractivity contribution in [2.24, 2.45) is 0 Å². The number of aryl methyl sites for hydroxylation is 2. The van der Waals surface area contributed by atoms with Crippen LogP contribution in [0.1, 0.15) is 107 Å². The number of nitrogens with one attached hydrogen (secondary N) is 1. The molecule has 0 saturated carbocycles. The van der Waals surface area contributed by atoms with Crippen LogP contribution < -0.4 is 81.5 Å². The molecule has 0 aromatic carbocycles. The summed E-state index contributed by atoms with van der Waals surface area (Å²) in [5.74, 6) is 2.26. The summed E-state index contributed by atoms with van der Waals surface area (Å²) in [6.45, 7) is 24.5. The maximum atomic E-state index is 5.63. The predicted octanol–water partition coefficient (Wildman–Crippen LogP) is -8.85. The van der Waals surface area contributed by atoms with Gasteiger partial charge in [-0.2, -0.15) is 0 Å². The van der Waals surface area contributed by atoms with Crippen molar-refractivity contribution in [1.29, 1.82) is 0 Å². The number of rotatable bonds is 12. The number of imidazole rings is 1. The SMILES string of the molecule is CCN1C=CN(CC)C1c1c2nc(c(-c3n(CC)cc[n+]3CC)c3ccc([n-]3)c(C3N(CC)C=CN3CC)c3nc(c(C4=[N+](CC)C=C[NH+]4CC)c4ccc1[n-]4)C=C3)C=C2.[Cl-].[Cl-].[Cl-].[Cl-].[Cl-].[Mn+3]. The van der Waals surface area contributed by atoms with Crippen molar-refractivity contribution in [3.63, 3.8) is 0 Å². The summed E-state index contributed by atoms with van der Waals surface area (Å²) in [4.78, 5) is 33.4. The van der Waals surface area contributed by atoms with Crippen molar-refractivity contribution in [3.05, 3.63) is 113 Å². The minimum atomic E-state index is -0.0745. The molecule has 354 valence electrons. The van der Waals surface area contributed by atoms with Gasteiger partial charge in [0, 0.05) is 62.1 Å². The van der Waals surface area contributed by atoms with Gasteiger partial charge in [-0.05, 0) is 79.7 Å². The first-order valence-electron chi connectivity index (χ1n) is 22.1. The molecule has 8 bridgehead atoms. The summed E-state index contributed by atoms with van der Waals surface area (Å²) >= 11 is 0. The Morgan fingerprint density at radius 1 is 0.561 bits per heavy atom. The Balaban J connectivity index is 0.00000193. The first-order valence-corrected chi connectivity index (χ1v) is 22.1. The number of quaternary nitrogens is 1. The summed E-state index contributed by atoms with van der Waals surface area (Å²) in [7, 11) is 0. The molecule has 0 amide bonds.